The van der Waals surface area contributed by atoms with Crippen molar-refractivity contribution in [3.8, 4) is 0 Å². The average Bonchev–Trinajstić information content (AvgIpc) is 2.81. The second-order valence-electron chi connectivity index (χ2n) is 4.70. The highest BCUT2D eigenvalue weighted by atomic mass is 32.1. The van der Waals surface area contributed by atoms with Crippen molar-refractivity contribution < 1.29 is 0 Å². The molecule has 1 aromatic heterocycles. The van der Waals surface area contributed by atoms with Gasteiger partial charge in [-0.1, -0.05) is 6.07 Å². The molecule has 4 heterocycles. The van der Waals surface area contributed by atoms with E-state index in [-0.39, 0.29) is 0 Å². The van der Waals surface area contributed by atoms with Crippen LogP contribution in [0.15, 0.2) is 17.5 Å². The third-order valence-corrected chi connectivity index (χ3v) is 4.65. The molecule has 2 nitrogen and oxygen atoms in total. The van der Waals surface area contributed by atoms with Crippen molar-refractivity contribution in [1.29, 1.82) is 0 Å². The van der Waals surface area contributed by atoms with Crippen molar-refractivity contribution in [2.45, 2.75) is 25.4 Å². The summed E-state index contributed by atoms with van der Waals surface area (Å²) in [4.78, 5) is 4.07. The Morgan fingerprint density at radius 2 is 2.27 bits per heavy atom. The molecule has 0 unspecified atom stereocenters. The molecule has 0 aliphatic carbocycles. The first-order valence-corrected chi connectivity index (χ1v) is 6.78. The summed E-state index contributed by atoms with van der Waals surface area (Å²) < 4.78 is 0. The summed E-state index contributed by atoms with van der Waals surface area (Å²) in [6, 6.07) is 5.10. The zero-order valence-electron chi connectivity index (χ0n) is 8.98. The molecule has 15 heavy (non-hydrogen) atoms. The predicted octanol–water partition coefficient (Wildman–Crippen LogP) is 1.93. The van der Waals surface area contributed by atoms with E-state index < -0.39 is 0 Å². The zero-order valence-corrected chi connectivity index (χ0v) is 9.80. The first-order valence-electron chi connectivity index (χ1n) is 5.90. The van der Waals surface area contributed by atoms with Gasteiger partial charge in [0.1, 0.15) is 0 Å². The lowest BCUT2D eigenvalue weighted by atomic mass is 9.84. The molecule has 1 aromatic rings. The van der Waals surface area contributed by atoms with Gasteiger partial charge in [0.05, 0.1) is 0 Å². The number of thiophene rings is 1. The molecule has 4 rings (SSSR count). The number of piperidine rings is 3. The minimum atomic E-state index is 0.745. The number of hydrogen-bond acceptors (Lipinski definition) is 3. The lowest BCUT2D eigenvalue weighted by Crippen LogP contribution is -2.55. The van der Waals surface area contributed by atoms with E-state index in [1.54, 1.807) is 0 Å². The van der Waals surface area contributed by atoms with E-state index in [0.717, 1.165) is 18.5 Å². The van der Waals surface area contributed by atoms with Gasteiger partial charge in [-0.25, -0.2) is 0 Å². The van der Waals surface area contributed by atoms with Crippen LogP contribution < -0.4 is 5.32 Å². The summed E-state index contributed by atoms with van der Waals surface area (Å²) in [5.41, 5.74) is 0. The molecule has 2 bridgehead atoms. The smallest absolute Gasteiger partial charge is 0.0302 e. The van der Waals surface area contributed by atoms with Crippen molar-refractivity contribution in [3.05, 3.63) is 22.4 Å². The Bertz CT molecular complexity index is 301. The van der Waals surface area contributed by atoms with E-state index in [2.05, 4.69) is 27.7 Å². The lowest BCUT2D eigenvalue weighted by molar-refractivity contribution is 0.0721. The fraction of sp³-hybridized carbons (Fsp3) is 0.667. The van der Waals surface area contributed by atoms with Gasteiger partial charge in [-0.3, -0.25) is 0 Å². The lowest BCUT2D eigenvalue weighted by Gasteiger charge is -2.45. The van der Waals surface area contributed by atoms with Crippen molar-refractivity contribution in [3.63, 3.8) is 0 Å². The van der Waals surface area contributed by atoms with Crippen LogP contribution in [0.2, 0.25) is 0 Å². The number of nitrogens with zero attached hydrogens (tertiary/aromatic N) is 1. The van der Waals surface area contributed by atoms with Crippen molar-refractivity contribution >= 4 is 11.3 Å². The maximum Gasteiger partial charge on any atom is 0.0302 e. The minimum absolute atomic E-state index is 0.745. The van der Waals surface area contributed by atoms with Crippen molar-refractivity contribution in [1.82, 2.24) is 10.2 Å². The molecule has 3 aliphatic rings. The molecule has 0 aromatic carbocycles. The zero-order chi connectivity index (χ0) is 10.1. The maximum atomic E-state index is 3.72. The fourth-order valence-corrected chi connectivity index (χ4v) is 3.50. The van der Waals surface area contributed by atoms with Crippen LogP contribution in [0.4, 0.5) is 0 Å². The summed E-state index contributed by atoms with van der Waals surface area (Å²) in [5, 5.41) is 5.88. The molecular formula is C12H18N2S. The van der Waals surface area contributed by atoms with E-state index in [4.69, 9.17) is 0 Å². The summed E-state index contributed by atoms with van der Waals surface area (Å²) in [6.45, 7) is 5.01. The van der Waals surface area contributed by atoms with E-state index in [9.17, 15) is 0 Å². The normalized spacial score (nSPS) is 34.5. The Hall–Kier alpha value is -0.380. The molecule has 0 saturated carbocycles. The Balaban J connectivity index is 1.55. The number of nitrogens with one attached hydrogen (secondary N) is 1. The second-order valence-corrected chi connectivity index (χ2v) is 5.74. The van der Waals surface area contributed by atoms with Gasteiger partial charge in [0.2, 0.25) is 0 Å². The average molecular weight is 222 g/mol. The van der Waals surface area contributed by atoms with Crippen molar-refractivity contribution in [2.75, 3.05) is 19.6 Å². The first kappa shape index (κ1) is 9.82. The molecule has 3 fully saturated rings. The SMILES string of the molecule is c1csc(CN[C@H]2CN3CCC2CC3)c1. The van der Waals surface area contributed by atoms with E-state index in [0.29, 0.717) is 0 Å². The monoisotopic (exact) mass is 222 g/mol. The predicted molar refractivity (Wildman–Crippen MR) is 64.1 cm³/mol. The number of hydrogen-bond donors (Lipinski definition) is 1. The van der Waals surface area contributed by atoms with Gasteiger partial charge in [-0.05, 0) is 43.3 Å². The molecule has 3 saturated heterocycles. The van der Waals surface area contributed by atoms with Crippen LogP contribution in [0.3, 0.4) is 0 Å². The highest BCUT2D eigenvalue weighted by Gasteiger charge is 2.33. The second kappa shape index (κ2) is 4.24. The topological polar surface area (TPSA) is 15.3 Å². The summed E-state index contributed by atoms with van der Waals surface area (Å²) >= 11 is 1.86. The fourth-order valence-electron chi connectivity index (χ4n) is 2.84. The van der Waals surface area contributed by atoms with Crippen LogP contribution in [-0.4, -0.2) is 30.6 Å². The number of rotatable bonds is 3. The third kappa shape index (κ3) is 2.10. The first-order chi connectivity index (χ1) is 7.42. The van der Waals surface area contributed by atoms with E-state index >= 15 is 0 Å². The molecule has 3 aliphatic heterocycles. The molecule has 82 valence electrons. The number of fused-ring (bicyclic) bond motifs is 3. The Labute approximate surface area is 95.3 Å². The van der Waals surface area contributed by atoms with Crippen LogP contribution in [0.25, 0.3) is 0 Å². The van der Waals surface area contributed by atoms with Crippen LogP contribution in [0.1, 0.15) is 17.7 Å². The van der Waals surface area contributed by atoms with Gasteiger partial charge in [0, 0.05) is 24.0 Å². The summed E-state index contributed by atoms with van der Waals surface area (Å²) in [6.07, 6.45) is 2.81. The molecule has 1 atom stereocenters. The Morgan fingerprint density at radius 3 is 2.87 bits per heavy atom. The minimum Gasteiger partial charge on any atom is -0.308 e. The van der Waals surface area contributed by atoms with Gasteiger partial charge in [-0.2, -0.15) is 0 Å². The van der Waals surface area contributed by atoms with E-state index in [1.807, 2.05) is 11.3 Å². The highest BCUT2D eigenvalue weighted by Crippen LogP contribution is 2.27. The highest BCUT2D eigenvalue weighted by molar-refractivity contribution is 7.09. The van der Waals surface area contributed by atoms with Gasteiger partial charge < -0.3 is 10.2 Å². The molecular weight excluding hydrogens is 204 g/mol. The van der Waals surface area contributed by atoms with Crippen LogP contribution in [-0.2, 0) is 6.54 Å². The summed E-state index contributed by atoms with van der Waals surface area (Å²) in [7, 11) is 0. The third-order valence-electron chi connectivity index (χ3n) is 3.77. The van der Waals surface area contributed by atoms with Gasteiger partial charge in [0.25, 0.3) is 0 Å². The molecule has 0 amide bonds. The van der Waals surface area contributed by atoms with Gasteiger partial charge in [-0.15, -0.1) is 11.3 Å². The van der Waals surface area contributed by atoms with Crippen LogP contribution in [0.5, 0.6) is 0 Å². The quantitative estimate of drug-likeness (QED) is 0.840. The Morgan fingerprint density at radius 1 is 1.40 bits per heavy atom. The van der Waals surface area contributed by atoms with Gasteiger partial charge in [0.15, 0.2) is 0 Å². The van der Waals surface area contributed by atoms with Crippen LogP contribution >= 0.6 is 11.3 Å². The van der Waals surface area contributed by atoms with Crippen LogP contribution in [0, 0.1) is 5.92 Å². The summed E-state index contributed by atoms with van der Waals surface area (Å²) in [5.74, 6) is 0.940. The molecule has 1 N–H and O–H groups in total. The van der Waals surface area contributed by atoms with E-state index in [1.165, 1.54) is 37.4 Å². The molecule has 0 spiro atoms. The van der Waals surface area contributed by atoms with Gasteiger partial charge >= 0.3 is 0 Å². The van der Waals surface area contributed by atoms with Crippen molar-refractivity contribution in [2.24, 2.45) is 5.92 Å². The molecule has 3 heteroatoms. The maximum absolute atomic E-state index is 3.72. The standard InChI is InChI=1S/C12H18N2S/c1-2-11(15-7-1)8-13-12-9-14-5-3-10(12)4-6-14/h1-2,7,10,12-13H,3-6,8-9H2/t12-/m0/s1. The molecule has 0 radical (unpaired) electrons. The largest absolute Gasteiger partial charge is 0.308 e. The Kier molecular flexibility index (Phi) is 2.77.